The minimum atomic E-state index is -0.385. The molecule has 0 saturated heterocycles. The summed E-state index contributed by atoms with van der Waals surface area (Å²) in [7, 11) is 0. The van der Waals surface area contributed by atoms with E-state index in [1.165, 1.54) is 12.3 Å². The number of hydrazone groups is 1. The van der Waals surface area contributed by atoms with Gasteiger partial charge in [-0.3, -0.25) is 4.79 Å². The normalized spacial score (nSPS) is 10.6. The monoisotopic (exact) mass is 382 g/mol. The molecule has 0 spiro atoms. The number of halogens is 2. The van der Waals surface area contributed by atoms with Crippen LogP contribution in [-0.2, 0) is 4.79 Å². The van der Waals surface area contributed by atoms with Gasteiger partial charge in [0, 0.05) is 5.02 Å². The number of nitrogens with one attached hydrogen (secondary N) is 1. The lowest BCUT2D eigenvalue weighted by atomic mass is 10.2. The number of phenols is 1. The molecule has 2 N–H and O–H groups in total. The van der Waals surface area contributed by atoms with Crippen molar-refractivity contribution < 1.29 is 14.6 Å². The predicted molar refractivity (Wildman–Crippen MR) is 88.5 cm³/mol. The van der Waals surface area contributed by atoms with E-state index in [0.29, 0.717) is 15.2 Å². The first-order valence-electron chi connectivity index (χ1n) is 6.23. The van der Waals surface area contributed by atoms with E-state index in [1.54, 1.807) is 36.4 Å². The first kappa shape index (κ1) is 16.3. The fourth-order valence-electron chi connectivity index (χ4n) is 1.49. The molecule has 0 unspecified atom stereocenters. The van der Waals surface area contributed by atoms with Crippen LogP contribution in [0.15, 0.2) is 52.0 Å². The number of hydrogen-bond acceptors (Lipinski definition) is 4. The van der Waals surface area contributed by atoms with E-state index in [2.05, 4.69) is 26.5 Å². The quantitative estimate of drug-likeness (QED) is 0.614. The van der Waals surface area contributed by atoms with Crippen molar-refractivity contribution in [3.63, 3.8) is 0 Å². The SMILES string of the molecule is O=C(COc1ccc(Cl)cc1)N/N=C\c1ccc(O)c(Br)c1. The Morgan fingerprint density at radius 1 is 1.32 bits per heavy atom. The lowest BCUT2D eigenvalue weighted by Crippen LogP contribution is -2.24. The lowest BCUT2D eigenvalue weighted by molar-refractivity contribution is -0.123. The van der Waals surface area contributed by atoms with Crippen LogP contribution >= 0.6 is 27.5 Å². The van der Waals surface area contributed by atoms with E-state index < -0.39 is 0 Å². The molecule has 2 aromatic carbocycles. The molecule has 0 aliphatic heterocycles. The van der Waals surface area contributed by atoms with Crippen molar-refractivity contribution >= 4 is 39.7 Å². The minimum absolute atomic E-state index is 0.137. The third-order valence-electron chi connectivity index (χ3n) is 2.56. The van der Waals surface area contributed by atoms with Gasteiger partial charge in [-0.25, -0.2) is 5.43 Å². The molecular formula is C15H12BrClN2O3. The van der Waals surface area contributed by atoms with Gasteiger partial charge in [0.1, 0.15) is 11.5 Å². The summed E-state index contributed by atoms with van der Waals surface area (Å²) in [5, 5.41) is 13.8. The summed E-state index contributed by atoms with van der Waals surface area (Å²) in [4.78, 5) is 11.6. The molecule has 0 aromatic heterocycles. The third kappa shape index (κ3) is 5.05. The molecule has 114 valence electrons. The first-order valence-corrected chi connectivity index (χ1v) is 7.40. The topological polar surface area (TPSA) is 70.9 Å². The largest absolute Gasteiger partial charge is 0.507 e. The molecule has 22 heavy (non-hydrogen) atoms. The Bertz CT molecular complexity index is 690. The van der Waals surface area contributed by atoms with Gasteiger partial charge in [0.25, 0.3) is 5.91 Å². The highest BCUT2D eigenvalue weighted by atomic mass is 79.9. The molecule has 5 nitrogen and oxygen atoms in total. The maximum Gasteiger partial charge on any atom is 0.277 e. The Balaban J connectivity index is 1.80. The van der Waals surface area contributed by atoms with Gasteiger partial charge in [-0.05, 0) is 64.0 Å². The molecule has 2 rings (SSSR count). The van der Waals surface area contributed by atoms with Crippen molar-refractivity contribution in [3.05, 3.63) is 57.5 Å². The van der Waals surface area contributed by atoms with E-state index in [0.717, 1.165) is 5.56 Å². The molecule has 0 bridgehead atoms. The maximum atomic E-state index is 11.6. The van der Waals surface area contributed by atoms with E-state index >= 15 is 0 Å². The zero-order chi connectivity index (χ0) is 15.9. The number of carbonyl (C=O) groups is 1. The van der Waals surface area contributed by atoms with Crippen LogP contribution in [0.2, 0.25) is 5.02 Å². The van der Waals surface area contributed by atoms with Crippen molar-refractivity contribution in [2.24, 2.45) is 5.10 Å². The lowest BCUT2D eigenvalue weighted by Gasteiger charge is -2.04. The maximum absolute atomic E-state index is 11.6. The van der Waals surface area contributed by atoms with Gasteiger partial charge in [-0.15, -0.1) is 0 Å². The summed E-state index contributed by atoms with van der Waals surface area (Å²) in [6, 6.07) is 11.6. The molecule has 0 atom stereocenters. The second-order valence-electron chi connectivity index (χ2n) is 4.25. The van der Waals surface area contributed by atoms with Crippen molar-refractivity contribution in [3.8, 4) is 11.5 Å². The highest BCUT2D eigenvalue weighted by Gasteiger charge is 2.02. The molecule has 0 heterocycles. The van der Waals surface area contributed by atoms with Gasteiger partial charge in [-0.2, -0.15) is 5.10 Å². The molecule has 0 radical (unpaired) electrons. The number of nitrogens with zero attached hydrogens (tertiary/aromatic N) is 1. The second-order valence-corrected chi connectivity index (χ2v) is 5.54. The van der Waals surface area contributed by atoms with Crippen molar-refractivity contribution in [1.29, 1.82) is 0 Å². The number of aromatic hydroxyl groups is 1. The average Bonchev–Trinajstić information content (AvgIpc) is 2.50. The number of ether oxygens (including phenoxy) is 1. The number of benzene rings is 2. The van der Waals surface area contributed by atoms with Gasteiger partial charge < -0.3 is 9.84 Å². The van der Waals surface area contributed by atoms with Crippen LogP contribution < -0.4 is 10.2 Å². The summed E-state index contributed by atoms with van der Waals surface area (Å²) < 4.78 is 5.83. The van der Waals surface area contributed by atoms with E-state index in [-0.39, 0.29) is 18.3 Å². The van der Waals surface area contributed by atoms with Gasteiger partial charge in [-0.1, -0.05) is 11.6 Å². The molecule has 0 saturated carbocycles. The number of rotatable bonds is 5. The van der Waals surface area contributed by atoms with Crippen molar-refractivity contribution in [1.82, 2.24) is 5.43 Å². The summed E-state index contributed by atoms with van der Waals surface area (Å²) in [6.07, 6.45) is 1.46. The number of carbonyl (C=O) groups excluding carboxylic acids is 1. The summed E-state index contributed by atoms with van der Waals surface area (Å²) in [6.45, 7) is -0.155. The molecule has 0 aliphatic carbocycles. The Morgan fingerprint density at radius 2 is 2.05 bits per heavy atom. The first-order chi connectivity index (χ1) is 10.5. The zero-order valence-corrected chi connectivity index (χ0v) is 13.6. The Hall–Kier alpha value is -2.05. The molecular weight excluding hydrogens is 372 g/mol. The highest BCUT2D eigenvalue weighted by molar-refractivity contribution is 9.10. The minimum Gasteiger partial charge on any atom is -0.507 e. The summed E-state index contributed by atoms with van der Waals surface area (Å²) >= 11 is 8.94. The van der Waals surface area contributed by atoms with Crippen LogP contribution in [0.3, 0.4) is 0 Å². The summed E-state index contributed by atoms with van der Waals surface area (Å²) in [5.74, 6) is 0.299. The zero-order valence-electron chi connectivity index (χ0n) is 11.3. The van der Waals surface area contributed by atoms with Gasteiger partial charge >= 0.3 is 0 Å². The van der Waals surface area contributed by atoms with Crippen LogP contribution in [0, 0.1) is 0 Å². The molecule has 0 fully saturated rings. The molecule has 0 aliphatic rings. The Labute approximate surface area is 140 Å². The third-order valence-corrected chi connectivity index (χ3v) is 3.45. The van der Waals surface area contributed by atoms with Gasteiger partial charge in [0.05, 0.1) is 10.7 Å². The smallest absolute Gasteiger partial charge is 0.277 e. The molecule has 1 amide bonds. The van der Waals surface area contributed by atoms with Crippen LogP contribution in [0.4, 0.5) is 0 Å². The highest BCUT2D eigenvalue weighted by Crippen LogP contribution is 2.23. The van der Waals surface area contributed by atoms with Crippen LogP contribution in [-0.4, -0.2) is 23.8 Å². The average molecular weight is 384 g/mol. The standard InChI is InChI=1S/C15H12BrClN2O3/c16-13-7-10(1-6-14(13)20)8-18-19-15(21)9-22-12-4-2-11(17)3-5-12/h1-8,20H,9H2,(H,19,21)/b18-8-. The van der Waals surface area contributed by atoms with Crippen LogP contribution in [0.1, 0.15) is 5.56 Å². The fraction of sp³-hybridized carbons (Fsp3) is 0.0667. The van der Waals surface area contributed by atoms with Gasteiger partial charge in [0.2, 0.25) is 0 Å². The van der Waals surface area contributed by atoms with E-state index in [4.69, 9.17) is 16.3 Å². The van der Waals surface area contributed by atoms with E-state index in [9.17, 15) is 9.90 Å². The van der Waals surface area contributed by atoms with Gasteiger partial charge in [0.15, 0.2) is 6.61 Å². The fourth-order valence-corrected chi connectivity index (χ4v) is 2.02. The van der Waals surface area contributed by atoms with Crippen molar-refractivity contribution in [2.45, 2.75) is 0 Å². The number of phenolic OH excluding ortho intramolecular Hbond substituents is 1. The molecule has 7 heteroatoms. The summed E-state index contributed by atoms with van der Waals surface area (Å²) in [5.41, 5.74) is 3.07. The van der Waals surface area contributed by atoms with E-state index in [1.807, 2.05) is 0 Å². The Kier molecular flexibility index (Phi) is 5.80. The van der Waals surface area contributed by atoms with Crippen molar-refractivity contribution in [2.75, 3.05) is 6.61 Å². The number of amides is 1. The second kappa shape index (κ2) is 7.82. The predicted octanol–water partition coefficient (Wildman–Crippen LogP) is 3.34. The Morgan fingerprint density at radius 3 is 2.73 bits per heavy atom. The molecule has 2 aromatic rings. The van der Waals surface area contributed by atoms with Crippen LogP contribution in [0.25, 0.3) is 0 Å². The van der Waals surface area contributed by atoms with Crippen LogP contribution in [0.5, 0.6) is 11.5 Å². The number of hydrogen-bond donors (Lipinski definition) is 2.